The second-order valence-corrected chi connectivity index (χ2v) is 5.62. The zero-order valence-electron chi connectivity index (χ0n) is 11.8. The molecule has 0 amide bonds. The minimum Gasteiger partial charge on any atom is -0.354 e. The van der Waals surface area contributed by atoms with Crippen LogP contribution in [0.1, 0.15) is 39.7 Å². The van der Waals surface area contributed by atoms with Crippen molar-refractivity contribution >= 4 is 21.7 Å². The largest absolute Gasteiger partial charge is 0.354 e. The lowest BCUT2D eigenvalue weighted by Crippen LogP contribution is -2.33. The molecule has 0 saturated carbocycles. The Kier molecular flexibility index (Phi) is 6.65. The SMILES string of the molecule is CCCN(c1ncc(Br)cc1CNCC)C(C)C. The number of nitrogens with one attached hydrogen (secondary N) is 1. The van der Waals surface area contributed by atoms with E-state index >= 15 is 0 Å². The van der Waals surface area contributed by atoms with E-state index in [1.807, 2.05) is 6.20 Å². The quantitative estimate of drug-likeness (QED) is 0.834. The first-order chi connectivity index (χ1) is 8.60. The van der Waals surface area contributed by atoms with E-state index < -0.39 is 0 Å². The van der Waals surface area contributed by atoms with Crippen molar-refractivity contribution in [3.8, 4) is 0 Å². The first-order valence-electron chi connectivity index (χ1n) is 6.71. The van der Waals surface area contributed by atoms with Crippen LogP contribution in [0.4, 0.5) is 5.82 Å². The molecule has 4 heteroatoms. The molecule has 0 radical (unpaired) electrons. The first-order valence-corrected chi connectivity index (χ1v) is 7.51. The second-order valence-electron chi connectivity index (χ2n) is 4.70. The van der Waals surface area contributed by atoms with E-state index in [1.165, 1.54) is 5.56 Å². The molecular weight excluding hydrogens is 290 g/mol. The third-order valence-electron chi connectivity index (χ3n) is 2.83. The molecule has 0 saturated heterocycles. The highest BCUT2D eigenvalue weighted by molar-refractivity contribution is 9.10. The van der Waals surface area contributed by atoms with Crippen LogP contribution in [0.5, 0.6) is 0 Å². The van der Waals surface area contributed by atoms with Crippen LogP contribution < -0.4 is 10.2 Å². The predicted molar refractivity (Wildman–Crippen MR) is 82.1 cm³/mol. The standard InChI is InChI=1S/C14H24BrN3/c1-5-7-18(11(3)4)14-12(9-16-6-2)8-13(15)10-17-14/h8,10-11,16H,5-7,9H2,1-4H3. The Morgan fingerprint density at radius 3 is 2.67 bits per heavy atom. The van der Waals surface area contributed by atoms with Crippen LogP contribution in [0.2, 0.25) is 0 Å². The van der Waals surface area contributed by atoms with Crippen LogP contribution in [0.15, 0.2) is 16.7 Å². The van der Waals surface area contributed by atoms with Gasteiger partial charge in [0.25, 0.3) is 0 Å². The Labute approximate surface area is 119 Å². The van der Waals surface area contributed by atoms with Crippen LogP contribution in [0.25, 0.3) is 0 Å². The maximum absolute atomic E-state index is 4.61. The fourth-order valence-corrected chi connectivity index (χ4v) is 2.35. The molecule has 0 unspecified atom stereocenters. The third kappa shape index (κ3) is 4.25. The molecule has 0 bridgehead atoms. The lowest BCUT2D eigenvalue weighted by molar-refractivity contribution is 0.649. The van der Waals surface area contributed by atoms with Gasteiger partial charge in [-0.15, -0.1) is 0 Å². The summed E-state index contributed by atoms with van der Waals surface area (Å²) < 4.78 is 1.04. The highest BCUT2D eigenvalue weighted by Crippen LogP contribution is 2.23. The molecule has 0 aliphatic rings. The predicted octanol–water partition coefficient (Wildman–Crippen LogP) is 3.58. The Hall–Kier alpha value is -0.610. The third-order valence-corrected chi connectivity index (χ3v) is 3.27. The molecule has 1 N–H and O–H groups in total. The second kappa shape index (κ2) is 7.74. The van der Waals surface area contributed by atoms with Crippen LogP contribution in [-0.4, -0.2) is 24.1 Å². The number of hydrogen-bond donors (Lipinski definition) is 1. The number of pyridine rings is 1. The normalized spacial score (nSPS) is 11.0. The van der Waals surface area contributed by atoms with Gasteiger partial charge in [-0.25, -0.2) is 4.98 Å². The summed E-state index contributed by atoms with van der Waals surface area (Å²) in [6.45, 7) is 11.7. The van der Waals surface area contributed by atoms with Gasteiger partial charge in [0.1, 0.15) is 5.82 Å². The van der Waals surface area contributed by atoms with E-state index in [0.717, 1.165) is 36.3 Å². The van der Waals surface area contributed by atoms with E-state index in [1.54, 1.807) is 0 Å². The lowest BCUT2D eigenvalue weighted by Gasteiger charge is -2.29. The monoisotopic (exact) mass is 313 g/mol. The highest BCUT2D eigenvalue weighted by atomic mass is 79.9. The van der Waals surface area contributed by atoms with Gasteiger partial charge in [-0.05, 0) is 48.8 Å². The molecule has 0 fully saturated rings. The minimum atomic E-state index is 0.471. The van der Waals surface area contributed by atoms with Crippen molar-refractivity contribution in [2.45, 2.75) is 46.7 Å². The topological polar surface area (TPSA) is 28.2 Å². The van der Waals surface area contributed by atoms with E-state index in [-0.39, 0.29) is 0 Å². The molecule has 3 nitrogen and oxygen atoms in total. The summed E-state index contributed by atoms with van der Waals surface area (Å²) in [5.41, 5.74) is 1.26. The van der Waals surface area contributed by atoms with Gasteiger partial charge in [-0.2, -0.15) is 0 Å². The van der Waals surface area contributed by atoms with E-state index in [0.29, 0.717) is 6.04 Å². The molecule has 0 atom stereocenters. The summed E-state index contributed by atoms with van der Waals surface area (Å²) in [7, 11) is 0. The van der Waals surface area contributed by atoms with Gasteiger partial charge in [0.2, 0.25) is 0 Å². The fraction of sp³-hybridized carbons (Fsp3) is 0.643. The minimum absolute atomic E-state index is 0.471. The van der Waals surface area contributed by atoms with Crippen molar-refractivity contribution < 1.29 is 0 Å². The number of aromatic nitrogens is 1. The molecule has 1 aromatic rings. The van der Waals surface area contributed by atoms with E-state index in [9.17, 15) is 0 Å². The Morgan fingerprint density at radius 2 is 2.11 bits per heavy atom. The van der Waals surface area contributed by atoms with Gasteiger partial charge in [-0.3, -0.25) is 0 Å². The molecule has 0 aliphatic heterocycles. The van der Waals surface area contributed by atoms with Crippen molar-refractivity contribution in [1.29, 1.82) is 0 Å². The van der Waals surface area contributed by atoms with Gasteiger partial charge >= 0.3 is 0 Å². The van der Waals surface area contributed by atoms with Crippen LogP contribution in [0.3, 0.4) is 0 Å². The van der Waals surface area contributed by atoms with Crippen molar-refractivity contribution in [3.63, 3.8) is 0 Å². The molecular formula is C14H24BrN3. The number of anilines is 1. The number of nitrogens with zero attached hydrogens (tertiary/aromatic N) is 2. The molecule has 1 heterocycles. The fourth-order valence-electron chi connectivity index (χ4n) is 1.97. The number of hydrogen-bond acceptors (Lipinski definition) is 3. The summed E-state index contributed by atoms with van der Waals surface area (Å²) in [6, 6.07) is 2.63. The summed E-state index contributed by atoms with van der Waals surface area (Å²) in [5, 5.41) is 3.38. The van der Waals surface area contributed by atoms with Gasteiger partial charge in [0, 0.05) is 35.4 Å². The Bertz CT molecular complexity index is 366. The van der Waals surface area contributed by atoms with Crippen LogP contribution in [0, 0.1) is 0 Å². The van der Waals surface area contributed by atoms with Crippen molar-refractivity contribution in [2.24, 2.45) is 0 Å². The highest BCUT2D eigenvalue weighted by Gasteiger charge is 2.15. The zero-order chi connectivity index (χ0) is 13.5. The van der Waals surface area contributed by atoms with Gasteiger partial charge in [-0.1, -0.05) is 13.8 Å². The summed E-state index contributed by atoms with van der Waals surface area (Å²) in [4.78, 5) is 6.98. The molecule has 0 aromatic carbocycles. The summed E-state index contributed by atoms with van der Waals surface area (Å²) in [5.74, 6) is 1.11. The van der Waals surface area contributed by atoms with Gasteiger partial charge < -0.3 is 10.2 Å². The van der Waals surface area contributed by atoms with Crippen molar-refractivity contribution in [3.05, 3.63) is 22.3 Å². The lowest BCUT2D eigenvalue weighted by atomic mass is 10.2. The maximum atomic E-state index is 4.61. The van der Waals surface area contributed by atoms with E-state index in [4.69, 9.17) is 0 Å². The van der Waals surface area contributed by atoms with E-state index in [2.05, 4.69) is 64.9 Å². The maximum Gasteiger partial charge on any atom is 0.133 e. The number of halogens is 1. The average molecular weight is 314 g/mol. The molecule has 102 valence electrons. The Balaban J connectivity index is 3.03. The zero-order valence-corrected chi connectivity index (χ0v) is 13.4. The van der Waals surface area contributed by atoms with Crippen LogP contribution in [-0.2, 0) is 6.54 Å². The molecule has 1 aromatic heterocycles. The van der Waals surface area contributed by atoms with Crippen molar-refractivity contribution in [2.75, 3.05) is 18.0 Å². The average Bonchev–Trinajstić information content (AvgIpc) is 2.34. The molecule has 0 aliphatic carbocycles. The molecule has 0 spiro atoms. The number of rotatable bonds is 7. The van der Waals surface area contributed by atoms with Gasteiger partial charge in [0.15, 0.2) is 0 Å². The Morgan fingerprint density at radius 1 is 1.39 bits per heavy atom. The summed E-state index contributed by atoms with van der Waals surface area (Å²) >= 11 is 3.50. The molecule has 18 heavy (non-hydrogen) atoms. The summed E-state index contributed by atoms with van der Waals surface area (Å²) in [6.07, 6.45) is 3.02. The smallest absolute Gasteiger partial charge is 0.133 e. The first kappa shape index (κ1) is 15.4. The van der Waals surface area contributed by atoms with Crippen molar-refractivity contribution in [1.82, 2.24) is 10.3 Å². The molecule has 1 rings (SSSR count). The van der Waals surface area contributed by atoms with Crippen LogP contribution >= 0.6 is 15.9 Å². The van der Waals surface area contributed by atoms with Gasteiger partial charge in [0.05, 0.1) is 0 Å².